The van der Waals surface area contributed by atoms with Gasteiger partial charge < -0.3 is 20.1 Å². The van der Waals surface area contributed by atoms with Gasteiger partial charge in [0.15, 0.2) is 0 Å². The van der Waals surface area contributed by atoms with E-state index in [1.165, 1.54) is 0 Å². The first-order valence-electron chi connectivity index (χ1n) is 5.91. The molecule has 102 valence electrons. The van der Waals surface area contributed by atoms with E-state index < -0.39 is 30.3 Å². The molecule has 7 nitrogen and oxygen atoms in total. The zero-order valence-corrected chi connectivity index (χ0v) is 10.1. The van der Waals surface area contributed by atoms with Crippen molar-refractivity contribution in [2.24, 2.45) is 0 Å². The Kier molecular flexibility index (Phi) is 3.55. The maximum absolute atomic E-state index is 12.0. The molecule has 1 amide bonds. The fourth-order valence-electron chi connectivity index (χ4n) is 1.86. The number of carbonyl (C=O) groups is 3. The van der Waals surface area contributed by atoms with Crippen molar-refractivity contribution in [1.29, 1.82) is 0 Å². The highest BCUT2D eigenvalue weighted by molar-refractivity contribution is 5.96. The Bertz CT molecular complexity index is 518. The SMILES string of the molecule is O=C(O)CC(NC(=O)c1cccn1C1CC1)C(=O)O. The monoisotopic (exact) mass is 266 g/mol. The average Bonchev–Trinajstić information content (AvgIpc) is 3.05. The third-order valence-corrected chi connectivity index (χ3v) is 2.93. The number of carbonyl (C=O) groups excluding carboxylic acids is 1. The van der Waals surface area contributed by atoms with Crippen molar-refractivity contribution in [2.75, 3.05) is 0 Å². The van der Waals surface area contributed by atoms with Gasteiger partial charge in [-0.25, -0.2) is 4.79 Å². The zero-order valence-electron chi connectivity index (χ0n) is 10.1. The van der Waals surface area contributed by atoms with Crippen molar-refractivity contribution in [3.63, 3.8) is 0 Å². The van der Waals surface area contributed by atoms with Crippen LogP contribution >= 0.6 is 0 Å². The van der Waals surface area contributed by atoms with Gasteiger partial charge in [-0.3, -0.25) is 9.59 Å². The van der Waals surface area contributed by atoms with Gasteiger partial charge in [0.1, 0.15) is 11.7 Å². The van der Waals surface area contributed by atoms with Crippen molar-refractivity contribution >= 4 is 17.8 Å². The lowest BCUT2D eigenvalue weighted by Gasteiger charge is -2.13. The molecule has 1 saturated carbocycles. The first-order valence-corrected chi connectivity index (χ1v) is 5.91. The number of aromatic nitrogens is 1. The highest BCUT2D eigenvalue weighted by Crippen LogP contribution is 2.35. The van der Waals surface area contributed by atoms with E-state index in [1.54, 1.807) is 22.9 Å². The Balaban J connectivity index is 2.08. The Labute approximate surface area is 108 Å². The summed E-state index contributed by atoms with van der Waals surface area (Å²) in [4.78, 5) is 33.4. The van der Waals surface area contributed by atoms with Crippen LogP contribution in [0.3, 0.4) is 0 Å². The molecule has 2 rings (SSSR count). The topological polar surface area (TPSA) is 109 Å². The molecule has 1 aliphatic carbocycles. The molecule has 0 spiro atoms. The van der Waals surface area contributed by atoms with Crippen LogP contribution in [0, 0.1) is 0 Å². The van der Waals surface area contributed by atoms with Gasteiger partial charge in [-0.2, -0.15) is 0 Å². The average molecular weight is 266 g/mol. The van der Waals surface area contributed by atoms with Crippen molar-refractivity contribution < 1.29 is 24.6 Å². The number of aliphatic carboxylic acids is 2. The van der Waals surface area contributed by atoms with Gasteiger partial charge in [-0.05, 0) is 25.0 Å². The second-order valence-corrected chi connectivity index (χ2v) is 4.49. The maximum Gasteiger partial charge on any atom is 0.326 e. The Morgan fingerprint density at radius 2 is 2.05 bits per heavy atom. The lowest BCUT2D eigenvalue weighted by atomic mass is 10.2. The predicted molar refractivity (Wildman–Crippen MR) is 63.8 cm³/mol. The number of nitrogens with one attached hydrogen (secondary N) is 1. The summed E-state index contributed by atoms with van der Waals surface area (Å²) in [5.74, 6) is -3.20. The van der Waals surface area contributed by atoms with E-state index in [4.69, 9.17) is 10.2 Å². The number of nitrogens with zero attached hydrogens (tertiary/aromatic N) is 1. The normalized spacial score (nSPS) is 15.8. The van der Waals surface area contributed by atoms with Crippen LogP contribution in [-0.4, -0.2) is 38.7 Å². The van der Waals surface area contributed by atoms with Gasteiger partial charge in [-0.1, -0.05) is 0 Å². The molecule has 1 aliphatic rings. The van der Waals surface area contributed by atoms with E-state index in [0.717, 1.165) is 12.8 Å². The van der Waals surface area contributed by atoms with Crippen LogP contribution in [0.25, 0.3) is 0 Å². The van der Waals surface area contributed by atoms with Crippen LogP contribution in [0.2, 0.25) is 0 Å². The minimum Gasteiger partial charge on any atom is -0.481 e. The summed E-state index contributed by atoms with van der Waals surface area (Å²) < 4.78 is 1.79. The Hall–Kier alpha value is -2.31. The zero-order chi connectivity index (χ0) is 14.0. The van der Waals surface area contributed by atoms with E-state index in [0.29, 0.717) is 11.7 Å². The van der Waals surface area contributed by atoms with Crippen LogP contribution in [0.1, 0.15) is 35.8 Å². The Morgan fingerprint density at radius 3 is 2.58 bits per heavy atom. The first kappa shape index (κ1) is 13.1. The quantitative estimate of drug-likeness (QED) is 0.694. The molecule has 0 saturated heterocycles. The number of hydrogen-bond donors (Lipinski definition) is 3. The minimum atomic E-state index is -1.42. The molecule has 0 radical (unpaired) electrons. The molecule has 1 fully saturated rings. The summed E-state index contributed by atoms with van der Waals surface area (Å²) >= 11 is 0. The van der Waals surface area contributed by atoms with Crippen molar-refractivity contribution in [3.05, 3.63) is 24.0 Å². The number of hydrogen-bond acceptors (Lipinski definition) is 3. The molecule has 1 aromatic heterocycles. The molecule has 19 heavy (non-hydrogen) atoms. The second kappa shape index (κ2) is 5.13. The number of carboxylic acid groups (broad SMARTS) is 2. The summed E-state index contributed by atoms with van der Waals surface area (Å²) in [5, 5.41) is 19.7. The van der Waals surface area contributed by atoms with E-state index in [9.17, 15) is 14.4 Å². The summed E-state index contributed by atoms with van der Waals surface area (Å²) in [7, 11) is 0. The molecular formula is C12H14N2O5. The summed E-state index contributed by atoms with van der Waals surface area (Å²) in [6.07, 6.45) is 3.10. The van der Waals surface area contributed by atoms with E-state index in [1.807, 2.05) is 0 Å². The van der Waals surface area contributed by atoms with Crippen LogP contribution in [0.5, 0.6) is 0 Å². The highest BCUT2D eigenvalue weighted by Gasteiger charge is 2.29. The van der Waals surface area contributed by atoms with Gasteiger partial charge in [-0.15, -0.1) is 0 Å². The van der Waals surface area contributed by atoms with Gasteiger partial charge in [0.2, 0.25) is 0 Å². The van der Waals surface area contributed by atoms with Crippen molar-refractivity contribution in [2.45, 2.75) is 31.3 Å². The molecule has 3 N–H and O–H groups in total. The molecule has 7 heteroatoms. The fourth-order valence-corrected chi connectivity index (χ4v) is 1.86. The van der Waals surface area contributed by atoms with Crippen molar-refractivity contribution in [3.8, 4) is 0 Å². The minimum absolute atomic E-state index is 0.290. The number of carboxylic acids is 2. The molecule has 1 atom stereocenters. The first-order chi connectivity index (χ1) is 8.99. The van der Waals surface area contributed by atoms with Crippen LogP contribution in [0.4, 0.5) is 0 Å². The lowest BCUT2D eigenvalue weighted by molar-refractivity contribution is -0.145. The Morgan fingerprint density at radius 1 is 1.37 bits per heavy atom. The number of rotatable bonds is 6. The van der Waals surface area contributed by atoms with Gasteiger partial charge in [0, 0.05) is 12.2 Å². The van der Waals surface area contributed by atoms with Gasteiger partial charge in [0.05, 0.1) is 6.42 Å². The summed E-state index contributed by atoms with van der Waals surface area (Å²) in [6.45, 7) is 0. The van der Waals surface area contributed by atoms with Crippen LogP contribution < -0.4 is 5.32 Å². The van der Waals surface area contributed by atoms with Gasteiger partial charge in [0.25, 0.3) is 5.91 Å². The lowest BCUT2D eigenvalue weighted by Crippen LogP contribution is -2.42. The van der Waals surface area contributed by atoms with Crippen LogP contribution in [0.15, 0.2) is 18.3 Å². The summed E-state index contributed by atoms with van der Waals surface area (Å²) in [5.41, 5.74) is 0.360. The molecule has 0 bridgehead atoms. The number of amides is 1. The predicted octanol–water partition coefficient (Wildman–Crippen LogP) is 0.481. The third kappa shape index (κ3) is 3.12. The standard InChI is InChI=1S/C12H14N2O5/c15-10(16)6-8(12(18)19)13-11(17)9-2-1-5-14(9)7-3-4-7/h1-2,5,7-8H,3-4,6H2,(H,13,17)(H,15,16)(H,18,19). The molecule has 0 aromatic carbocycles. The van der Waals surface area contributed by atoms with Gasteiger partial charge >= 0.3 is 11.9 Å². The molecule has 1 heterocycles. The molecular weight excluding hydrogens is 252 g/mol. The third-order valence-electron chi connectivity index (χ3n) is 2.93. The van der Waals surface area contributed by atoms with E-state index >= 15 is 0 Å². The van der Waals surface area contributed by atoms with E-state index in [2.05, 4.69) is 5.32 Å². The smallest absolute Gasteiger partial charge is 0.326 e. The largest absolute Gasteiger partial charge is 0.481 e. The maximum atomic E-state index is 12.0. The van der Waals surface area contributed by atoms with E-state index in [-0.39, 0.29) is 0 Å². The summed E-state index contributed by atoms with van der Waals surface area (Å²) in [6, 6.07) is 2.17. The molecule has 1 aromatic rings. The molecule has 1 unspecified atom stereocenters. The van der Waals surface area contributed by atoms with Crippen LogP contribution in [-0.2, 0) is 9.59 Å². The van der Waals surface area contributed by atoms with Crippen molar-refractivity contribution in [1.82, 2.24) is 9.88 Å². The second-order valence-electron chi connectivity index (χ2n) is 4.49. The fraction of sp³-hybridized carbons (Fsp3) is 0.417. The molecule has 0 aliphatic heterocycles. The highest BCUT2D eigenvalue weighted by atomic mass is 16.4.